The number of nitrogens with zero attached hydrogens (tertiary/aromatic N) is 1. The van der Waals surface area contributed by atoms with Gasteiger partial charge in [-0.1, -0.05) is 39.0 Å². The van der Waals surface area contributed by atoms with Crippen molar-refractivity contribution in [1.82, 2.24) is 0 Å². The standard InChI is InChI=1S/C20H20FNO/c1-4-19(2,3)20(16-6-8-17(21)9-7-16)18-10-5-14(12-22)11-15(18)13-23-20/h5-11H,4,13H2,1-3H3. The smallest absolute Gasteiger partial charge is 0.124 e. The zero-order valence-corrected chi connectivity index (χ0v) is 13.7. The minimum Gasteiger partial charge on any atom is -0.360 e. The van der Waals surface area contributed by atoms with E-state index in [1.54, 1.807) is 12.1 Å². The predicted octanol–water partition coefficient (Wildman–Crippen LogP) is 4.91. The number of nitriles is 1. The molecule has 0 fully saturated rings. The van der Waals surface area contributed by atoms with Crippen LogP contribution in [-0.4, -0.2) is 0 Å². The molecule has 1 aliphatic heterocycles. The van der Waals surface area contributed by atoms with Crippen LogP contribution in [0, 0.1) is 22.6 Å². The second-order valence-electron chi connectivity index (χ2n) is 6.70. The Bertz CT molecular complexity index is 773. The number of rotatable bonds is 3. The lowest BCUT2D eigenvalue weighted by atomic mass is 9.65. The second kappa shape index (κ2) is 5.47. The summed E-state index contributed by atoms with van der Waals surface area (Å²) in [6.07, 6.45) is 0.907. The predicted molar refractivity (Wildman–Crippen MR) is 87.2 cm³/mol. The van der Waals surface area contributed by atoms with Crippen LogP contribution in [0.5, 0.6) is 0 Å². The molecule has 0 saturated carbocycles. The highest BCUT2D eigenvalue weighted by Gasteiger charge is 2.52. The summed E-state index contributed by atoms with van der Waals surface area (Å²) in [6, 6.07) is 14.5. The van der Waals surface area contributed by atoms with E-state index in [1.165, 1.54) is 12.1 Å². The zero-order chi connectivity index (χ0) is 16.7. The fourth-order valence-corrected chi connectivity index (χ4v) is 3.51. The third-order valence-corrected chi connectivity index (χ3v) is 5.15. The fourth-order valence-electron chi connectivity index (χ4n) is 3.51. The molecule has 0 amide bonds. The van der Waals surface area contributed by atoms with Crippen molar-refractivity contribution in [2.24, 2.45) is 5.41 Å². The van der Waals surface area contributed by atoms with Gasteiger partial charge in [-0.25, -0.2) is 4.39 Å². The van der Waals surface area contributed by atoms with E-state index >= 15 is 0 Å². The van der Waals surface area contributed by atoms with Gasteiger partial charge in [0.05, 0.1) is 18.2 Å². The molecule has 3 heteroatoms. The largest absolute Gasteiger partial charge is 0.360 e. The Balaban J connectivity index is 2.26. The van der Waals surface area contributed by atoms with Crippen LogP contribution in [0.1, 0.15) is 49.4 Å². The highest BCUT2D eigenvalue weighted by atomic mass is 19.1. The molecular formula is C20H20FNO. The number of hydrogen-bond acceptors (Lipinski definition) is 2. The fraction of sp³-hybridized carbons (Fsp3) is 0.350. The van der Waals surface area contributed by atoms with Gasteiger partial charge in [-0.2, -0.15) is 5.26 Å². The van der Waals surface area contributed by atoms with Crippen molar-refractivity contribution in [2.75, 3.05) is 0 Å². The van der Waals surface area contributed by atoms with E-state index in [0.29, 0.717) is 12.2 Å². The van der Waals surface area contributed by atoms with Crippen LogP contribution in [0.4, 0.5) is 4.39 Å². The van der Waals surface area contributed by atoms with Crippen LogP contribution < -0.4 is 0 Å². The van der Waals surface area contributed by atoms with Gasteiger partial charge in [0.1, 0.15) is 11.4 Å². The summed E-state index contributed by atoms with van der Waals surface area (Å²) in [5, 5.41) is 9.12. The normalized spacial score (nSPS) is 20.1. The molecule has 23 heavy (non-hydrogen) atoms. The lowest BCUT2D eigenvalue weighted by Gasteiger charge is -2.44. The molecule has 0 aliphatic carbocycles. The summed E-state index contributed by atoms with van der Waals surface area (Å²) in [6.45, 7) is 6.94. The molecule has 0 radical (unpaired) electrons. The molecule has 3 rings (SSSR count). The Morgan fingerprint density at radius 3 is 2.52 bits per heavy atom. The number of ether oxygens (including phenoxy) is 1. The number of halogens is 1. The molecule has 1 aliphatic rings. The Labute approximate surface area is 136 Å². The monoisotopic (exact) mass is 309 g/mol. The van der Waals surface area contributed by atoms with Crippen molar-refractivity contribution >= 4 is 0 Å². The maximum atomic E-state index is 13.4. The van der Waals surface area contributed by atoms with Gasteiger partial charge in [-0.05, 0) is 47.4 Å². The van der Waals surface area contributed by atoms with E-state index in [4.69, 9.17) is 10.00 Å². The molecule has 0 bridgehead atoms. The van der Waals surface area contributed by atoms with Crippen LogP contribution in [0.15, 0.2) is 42.5 Å². The van der Waals surface area contributed by atoms with E-state index in [2.05, 4.69) is 26.8 Å². The lowest BCUT2D eigenvalue weighted by Crippen LogP contribution is -2.42. The van der Waals surface area contributed by atoms with Crippen LogP contribution >= 0.6 is 0 Å². The van der Waals surface area contributed by atoms with Gasteiger partial charge < -0.3 is 4.74 Å². The molecule has 1 unspecified atom stereocenters. The summed E-state index contributed by atoms with van der Waals surface area (Å²) >= 11 is 0. The Morgan fingerprint density at radius 1 is 1.22 bits per heavy atom. The molecule has 1 heterocycles. The van der Waals surface area contributed by atoms with Gasteiger partial charge in [0.15, 0.2) is 0 Å². The highest BCUT2D eigenvalue weighted by Crippen LogP contribution is 2.54. The number of fused-ring (bicyclic) bond motifs is 1. The third kappa shape index (κ3) is 2.26. The molecule has 0 aromatic heterocycles. The summed E-state index contributed by atoms with van der Waals surface area (Å²) in [5.74, 6) is -0.253. The van der Waals surface area contributed by atoms with E-state index in [0.717, 1.165) is 23.1 Å². The van der Waals surface area contributed by atoms with E-state index in [1.807, 2.05) is 18.2 Å². The second-order valence-corrected chi connectivity index (χ2v) is 6.70. The number of benzene rings is 2. The Kier molecular flexibility index (Phi) is 3.74. The number of hydrogen-bond donors (Lipinski definition) is 0. The van der Waals surface area contributed by atoms with Crippen molar-refractivity contribution in [2.45, 2.75) is 39.4 Å². The van der Waals surface area contributed by atoms with Crippen LogP contribution in [0.25, 0.3) is 0 Å². The summed E-state index contributed by atoms with van der Waals surface area (Å²) in [5.41, 5.74) is 2.90. The summed E-state index contributed by atoms with van der Waals surface area (Å²) in [4.78, 5) is 0. The maximum Gasteiger partial charge on any atom is 0.124 e. The van der Waals surface area contributed by atoms with Gasteiger partial charge >= 0.3 is 0 Å². The van der Waals surface area contributed by atoms with Crippen LogP contribution in [0.3, 0.4) is 0 Å². The van der Waals surface area contributed by atoms with Gasteiger partial charge in [0.2, 0.25) is 0 Å². The lowest BCUT2D eigenvalue weighted by molar-refractivity contribution is -0.0907. The molecule has 0 spiro atoms. The first-order valence-electron chi connectivity index (χ1n) is 7.88. The summed E-state index contributed by atoms with van der Waals surface area (Å²) < 4.78 is 19.8. The molecule has 2 aromatic rings. The van der Waals surface area contributed by atoms with E-state index in [9.17, 15) is 4.39 Å². The van der Waals surface area contributed by atoms with Crippen molar-refractivity contribution < 1.29 is 9.13 Å². The minimum absolute atomic E-state index is 0.176. The van der Waals surface area contributed by atoms with E-state index in [-0.39, 0.29) is 11.2 Å². The Morgan fingerprint density at radius 2 is 1.91 bits per heavy atom. The van der Waals surface area contributed by atoms with Crippen LogP contribution in [0.2, 0.25) is 0 Å². The molecule has 1 atom stereocenters. The van der Waals surface area contributed by atoms with Gasteiger partial charge in [-0.3, -0.25) is 0 Å². The molecule has 0 saturated heterocycles. The zero-order valence-electron chi connectivity index (χ0n) is 13.7. The molecule has 2 aromatic carbocycles. The first kappa shape index (κ1) is 15.7. The Hall–Kier alpha value is -2.18. The molecule has 0 N–H and O–H groups in total. The first-order valence-corrected chi connectivity index (χ1v) is 7.88. The maximum absolute atomic E-state index is 13.4. The average Bonchev–Trinajstić information content (AvgIpc) is 2.95. The average molecular weight is 309 g/mol. The summed E-state index contributed by atoms with van der Waals surface area (Å²) in [7, 11) is 0. The van der Waals surface area contributed by atoms with Crippen molar-refractivity contribution in [1.29, 1.82) is 5.26 Å². The van der Waals surface area contributed by atoms with Gasteiger partial charge in [0, 0.05) is 5.41 Å². The van der Waals surface area contributed by atoms with Gasteiger partial charge in [-0.15, -0.1) is 0 Å². The van der Waals surface area contributed by atoms with E-state index < -0.39 is 5.60 Å². The third-order valence-electron chi connectivity index (χ3n) is 5.15. The highest BCUT2D eigenvalue weighted by molar-refractivity contribution is 5.49. The van der Waals surface area contributed by atoms with Crippen LogP contribution in [-0.2, 0) is 16.9 Å². The SMILES string of the molecule is CCC(C)(C)C1(c2ccc(F)cc2)OCc2cc(C#N)ccc21. The van der Waals surface area contributed by atoms with Crippen molar-refractivity contribution in [3.63, 3.8) is 0 Å². The molecule has 118 valence electrons. The molecular weight excluding hydrogens is 289 g/mol. The first-order chi connectivity index (χ1) is 10.9. The quantitative estimate of drug-likeness (QED) is 0.807. The van der Waals surface area contributed by atoms with Crippen molar-refractivity contribution in [3.05, 3.63) is 70.5 Å². The minimum atomic E-state index is -0.626. The molecule has 2 nitrogen and oxygen atoms in total. The van der Waals surface area contributed by atoms with Crippen molar-refractivity contribution in [3.8, 4) is 6.07 Å². The topological polar surface area (TPSA) is 33.0 Å². The van der Waals surface area contributed by atoms with Gasteiger partial charge in [0.25, 0.3) is 0 Å².